The Morgan fingerprint density at radius 3 is 2.54 bits per heavy atom. The van der Waals surface area contributed by atoms with E-state index in [4.69, 9.17) is 39.4 Å². The standard InChI is InChI=1S/C17H13Cl2N5O4/c18-7-3-9(19)12(11(25)4-7)13-8-5-24(6-10(8)22-15(21)23-13)16(27)28-17(1-2-17)14(20)26/h1-4,25H,5-6H2,(H2,20,26)(H2,21,22,23). The number of benzene rings is 1. The van der Waals surface area contributed by atoms with Crippen molar-refractivity contribution in [3.8, 4) is 17.0 Å². The lowest BCUT2D eigenvalue weighted by Crippen LogP contribution is -2.40. The van der Waals surface area contributed by atoms with Gasteiger partial charge in [0.05, 0.1) is 35.1 Å². The number of aromatic hydroxyl groups is 1. The van der Waals surface area contributed by atoms with Crippen LogP contribution in [0.1, 0.15) is 11.3 Å². The van der Waals surface area contributed by atoms with E-state index in [9.17, 15) is 14.7 Å². The first-order valence-electron chi connectivity index (χ1n) is 8.02. The Hall–Kier alpha value is -3.04. The molecule has 1 aromatic carbocycles. The molecule has 28 heavy (non-hydrogen) atoms. The number of hydrogen-bond donors (Lipinski definition) is 3. The van der Waals surface area contributed by atoms with Crippen LogP contribution in [0.4, 0.5) is 10.7 Å². The number of nitrogens with zero attached hydrogens (tertiary/aromatic N) is 3. The third-order valence-corrected chi connectivity index (χ3v) is 4.96. The van der Waals surface area contributed by atoms with E-state index in [0.717, 1.165) is 0 Å². The Balaban J connectivity index is 1.68. The van der Waals surface area contributed by atoms with E-state index in [1.165, 1.54) is 29.2 Å². The molecule has 2 heterocycles. The SMILES string of the molecule is NC(=O)C1(OC(=O)N2Cc3nc(N)nc(-c4c(O)cc(Cl)cc4Cl)c3C2)C=C1. The maximum atomic E-state index is 12.5. The minimum absolute atomic E-state index is 0.0492. The van der Waals surface area contributed by atoms with E-state index in [1.54, 1.807) is 0 Å². The number of fused-ring (bicyclic) bond motifs is 1. The smallest absolute Gasteiger partial charge is 0.412 e. The van der Waals surface area contributed by atoms with E-state index < -0.39 is 17.6 Å². The quantitative estimate of drug-likeness (QED) is 0.642. The Morgan fingerprint density at radius 2 is 1.93 bits per heavy atom. The highest BCUT2D eigenvalue weighted by Crippen LogP contribution is 2.42. The molecule has 5 N–H and O–H groups in total. The van der Waals surface area contributed by atoms with Crippen molar-refractivity contribution in [3.05, 3.63) is 45.6 Å². The van der Waals surface area contributed by atoms with E-state index in [0.29, 0.717) is 11.3 Å². The summed E-state index contributed by atoms with van der Waals surface area (Å²) < 4.78 is 5.19. The van der Waals surface area contributed by atoms with Crippen LogP contribution in [-0.2, 0) is 22.6 Å². The molecule has 0 bridgehead atoms. The van der Waals surface area contributed by atoms with Crippen molar-refractivity contribution in [2.75, 3.05) is 5.73 Å². The summed E-state index contributed by atoms with van der Waals surface area (Å²) in [4.78, 5) is 33.5. The Bertz CT molecular complexity index is 1040. The molecule has 0 atom stereocenters. The van der Waals surface area contributed by atoms with Gasteiger partial charge in [-0.25, -0.2) is 14.8 Å². The molecule has 4 rings (SSSR count). The summed E-state index contributed by atoms with van der Waals surface area (Å²) in [7, 11) is 0. The van der Waals surface area contributed by atoms with Crippen LogP contribution in [-0.4, -0.2) is 37.6 Å². The number of carbonyl (C=O) groups is 2. The number of rotatable bonds is 3. The molecule has 0 radical (unpaired) electrons. The normalized spacial score (nSPS) is 16.0. The number of phenols is 1. The fourth-order valence-corrected chi connectivity index (χ4v) is 3.54. The summed E-state index contributed by atoms with van der Waals surface area (Å²) in [6.45, 7) is 0.145. The summed E-state index contributed by atoms with van der Waals surface area (Å²) in [5, 5.41) is 10.7. The van der Waals surface area contributed by atoms with Gasteiger partial charge in [-0.2, -0.15) is 0 Å². The summed E-state index contributed by atoms with van der Waals surface area (Å²) in [6.07, 6.45) is 2.04. The van der Waals surface area contributed by atoms with Crippen molar-refractivity contribution in [2.45, 2.75) is 18.7 Å². The number of aromatic nitrogens is 2. The summed E-state index contributed by atoms with van der Waals surface area (Å²) >= 11 is 12.1. The molecule has 144 valence electrons. The van der Waals surface area contributed by atoms with Gasteiger partial charge in [-0.3, -0.25) is 9.69 Å². The number of amides is 2. The molecule has 2 amide bonds. The summed E-state index contributed by atoms with van der Waals surface area (Å²) in [5.41, 5.74) is 11.1. The van der Waals surface area contributed by atoms with Gasteiger partial charge in [-0.1, -0.05) is 23.2 Å². The van der Waals surface area contributed by atoms with Crippen LogP contribution in [0.3, 0.4) is 0 Å². The second-order valence-electron chi connectivity index (χ2n) is 6.35. The molecule has 0 fully saturated rings. The van der Waals surface area contributed by atoms with Gasteiger partial charge in [0, 0.05) is 10.6 Å². The first-order chi connectivity index (χ1) is 13.2. The fourth-order valence-electron chi connectivity index (χ4n) is 2.97. The van der Waals surface area contributed by atoms with Gasteiger partial charge in [-0.05, 0) is 24.3 Å². The lowest BCUT2D eigenvalue weighted by Gasteiger charge is -2.19. The number of nitrogen functional groups attached to an aromatic ring is 1. The number of ether oxygens (including phenoxy) is 1. The van der Waals surface area contributed by atoms with Gasteiger partial charge in [0.1, 0.15) is 5.75 Å². The number of carbonyl (C=O) groups excluding carboxylic acids is 2. The fraction of sp³-hybridized carbons (Fsp3) is 0.176. The van der Waals surface area contributed by atoms with Crippen LogP contribution in [0.25, 0.3) is 11.3 Å². The molecule has 2 aromatic rings. The predicted octanol–water partition coefficient (Wildman–Crippen LogP) is 1.98. The highest BCUT2D eigenvalue weighted by atomic mass is 35.5. The average Bonchev–Trinajstić information content (AvgIpc) is 3.24. The Labute approximate surface area is 168 Å². The molecule has 11 heteroatoms. The lowest BCUT2D eigenvalue weighted by atomic mass is 10.0. The molecule has 1 aromatic heterocycles. The molecule has 0 saturated heterocycles. The number of nitrogens with two attached hydrogens (primary N) is 2. The van der Waals surface area contributed by atoms with E-state index >= 15 is 0 Å². The molecular formula is C17H13Cl2N5O4. The summed E-state index contributed by atoms with van der Waals surface area (Å²) in [5.74, 6) is -1.01. The van der Waals surface area contributed by atoms with Gasteiger partial charge < -0.3 is 21.3 Å². The number of anilines is 1. The van der Waals surface area contributed by atoms with Crippen LogP contribution in [0.15, 0.2) is 24.3 Å². The van der Waals surface area contributed by atoms with Crippen LogP contribution in [0.5, 0.6) is 5.75 Å². The van der Waals surface area contributed by atoms with Gasteiger partial charge in [0.15, 0.2) is 0 Å². The van der Waals surface area contributed by atoms with Crippen LogP contribution >= 0.6 is 23.2 Å². The van der Waals surface area contributed by atoms with Gasteiger partial charge in [-0.15, -0.1) is 0 Å². The first-order valence-corrected chi connectivity index (χ1v) is 8.77. The highest BCUT2D eigenvalue weighted by molar-refractivity contribution is 6.36. The maximum absolute atomic E-state index is 12.5. The largest absolute Gasteiger partial charge is 0.507 e. The Kier molecular flexibility index (Phi) is 4.09. The topological polar surface area (TPSA) is 145 Å². The number of phenolic OH excluding ortho intramolecular Hbond substituents is 1. The van der Waals surface area contributed by atoms with Gasteiger partial charge >= 0.3 is 6.09 Å². The third kappa shape index (κ3) is 2.98. The van der Waals surface area contributed by atoms with Crippen molar-refractivity contribution in [2.24, 2.45) is 5.73 Å². The van der Waals surface area contributed by atoms with Crippen molar-refractivity contribution >= 4 is 41.2 Å². The lowest BCUT2D eigenvalue weighted by molar-refractivity contribution is -0.127. The molecule has 0 saturated carbocycles. The monoisotopic (exact) mass is 421 g/mol. The number of halogens is 2. The van der Waals surface area contributed by atoms with E-state index in [1.807, 2.05) is 0 Å². The van der Waals surface area contributed by atoms with Crippen LogP contribution in [0.2, 0.25) is 10.0 Å². The van der Waals surface area contributed by atoms with Crippen molar-refractivity contribution in [1.82, 2.24) is 14.9 Å². The van der Waals surface area contributed by atoms with Crippen LogP contribution < -0.4 is 11.5 Å². The summed E-state index contributed by atoms with van der Waals surface area (Å²) in [6, 6.07) is 2.78. The zero-order valence-electron chi connectivity index (χ0n) is 14.1. The second kappa shape index (κ2) is 6.25. The zero-order valence-corrected chi connectivity index (χ0v) is 15.7. The van der Waals surface area contributed by atoms with Crippen LogP contribution in [0, 0.1) is 0 Å². The molecule has 1 aliphatic heterocycles. The molecule has 0 spiro atoms. The van der Waals surface area contributed by atoms with Gasteiger partial charge in [0.25, 0.3) is 5.91 Å². The second-order valence-corrected chi connectivity index (χ2v) is 7.20. The van der Waals surface area contributed by atoms with Gasteiger partial charge in [0.2, 0.25) is 11.5 Å². The van der Waals surface area contributed by atoms with Crippen molar-refractivity contribution in [3.63, 3.8) is 0 Å². The molecule has 1 aliphatic carbocycles. The van der Waals surface area contributed by atoms with Crippen molar-refractivity contribution < 1.29 is 19.4 Å². The third-order valence-electron chi connectivity index (χ3n) is 4.44. The Morgan fingerprint density at radius 1 is 1.21 bits per heavy atom. The maximum Gasteiger partial charge on any atom is 0.412 e. The first kappa shape index (κ1) is 18.3. The number of hydrogen-bond acceptors (Lipinski definition) is 7. The minimum Gasteiger partial charge on any atom is -0.507 e. The van der Waals surface area contributed by atoms with E-state index in [-0.39, 0.29) is 46.1 Å². The van der Waals surface area contributed by atoms with E-state index in [2.05, 4.69) is 9.97 Å². The molecule has 2 aliphatic rings. The predicted molar refractivity (Wildman–Crippen MR) is 100 cm³/mol. The highest BCUT2D eigenvalue weighted by Gasteiger charge is 2.46. The zero-order chi connectivity index (χ0) is 20.2. The molecule has 9 nitrogen and oxygen atoms in total. The minimum atomic E-state index is -1.48. The average molecular weight is 422 g/mol. The molecule has 0 unspecified atom stereocenters. The number of primary amides is 1. The molecular weight excluding hydrogens is 409 g/mol. The van der Waals surface area contributed by atoms with Crippen molar-refractivity contribution in [1.29, 1.82) is 0 Å².